The maximum atomic E-state index is 11.5. The van der Waals surface area contributed by atoms with Gasteiger partial charge < -0.3 is 15.2 Å². The highest BCUT2D eigenvalue weighted by molar-refractivity contribution is 5.88. The van der Waals surface area contributed by atoms with Gasteiger partial charge in [-0.05, 0) is 53.4 Å². The Hall–Kier alpha value is -3.34. The van der Waals surface area contributed by atoms with E-state index in [9.17, 15) is 9.90 Å². The second kappa shape index (κ2) is 10.3. The topological polar surface area (TPSA) is 58.6 Å². The third-order valence-electron chi connectivity index (χ3n) is 6.56. The molecule has 0 spiro atoms. The van der Waals surface area contributed by atoms with Crippen LogP contribution in [0.3, 0.4) is 0 Å². The van der Waals surface area contributed by atoms with Crippen molar-refractivity contribution in [2.24, 2.45) is 0 Å². The highest BCUT2D eigenvalue weighted by atomic mass is 35.5. The molecular formula is C29H28ClNO3. The molecule has 1 aliphatic rings. The molecule has 5 heteroatoms. The number of halogens is 1. The first-order chi connectivity index (χ1) is 16.1. The zero-order valence-electron chi connectivity index (χ0n) is 19.0. The van der Waals surface area contributed by atoms with Gasteiger partial charge in [-0.1, -0.05) is 72.8 Å². The molecule has 0 radical (unpaired) electrons. The molecule has 4 nitrogen and oxygen atoms in total. The lowest BCUT2D eigenvalue weighted by Gasteiger charge is -2.33. The molecule has 4 aromatic rings. The van der Waals surface area contributed by atoms with Crippen molar-refractivity contribution in [1.82, 2.24) is 5.32 Å². The lowest BCUT2D eigenvalue weighted by Crippen LogP contribution is -2.37. The van der Waals surface area contributed by atoms with Crippen molar-refractivity contribution in [2.75, 3.05) is 6.54 Å². The number of carboxylic acid groups (broad SMARTS) is 1. The zero-order chi connectivity index (χ0) is 22.8. The fraction of sp³-hybridized carbons (Fsp3) is 0.207. The number of rotatable bonds is 6. The van der Waals surface area contributed by atoms with Gasteiger partial charge in [0.2, 0.25) is 0 Å². The van der Waals surface area contributed by atoms with Crippen LogP contribution >= 0.6 is 12.4 Å². The van der Waals surface area contributed by atoms with Crippen molar-refractivity contribution in [3.05, 3.63) is 113 Å². The SMILES string of the molecule is C[C@@H](NC[C@@H]1C[C@H](c2cccc(C(=O)O)c2)c2ccccc2O1)c1cccc2ccccc12.Cl. The van der Waals surface area contributed by atoms with Gasteiger partial charge in [-0.15, -0.1) is 12.4 Å². The molecule has 0 fully saturated rings. The van der Waals surface area contributed by atoms with E-state index in [2.05, 4.69) is 60.8 Å². The number of nitrogens with one attached hydrogen (secondary N) is 1. The number of carboxylic acids is 1. The molecule has 5 rings (SSSR count). The minimum atomic E-state index is -0.903. The summed E-state index contributed by atoms with van der Waals surface area (Å²) in [6.07, 6.45) is 0.769. The van der Waals surface area contributed by atoms with E-state index < -0.39 is 5.97 Å². The lowest BCUT2D eigenvalue weighted by molar-refractivity contribution is 0.0696. The average Bonchev–Trinajstić information content (AvgIpc) is 2.86. The normalized spacial score (nSPS) is 17.8. The van der Waals surface area contributed by atoms with Crippen LogP contribution in [0.25, 0.3) is 10.8 Å². The van der Waals surface area contributed by atoms with Crippen LogP contribution < -0.4 is 10.1 Å². The molecule has 3 atom stereocenters. The number of aromatic carboxylic acids is 1. The Labute approximate surface area is 206 Å². The van der Waals surface area contributed by atoms with Gasteiger partial charge in [0, 0.05) is 24.1 Å². The Balaban J connectivity index is 0.00000274. The minimum absolute atomic E-state index is 0. The summed E-state index contributed by atoms with van der Waals surface area (Å²) in [4.78, 5) is 11.5. The Morgan fingerprint density at radius 3 is 2.59 bits per heavy atom. The summed E-state index contributed by atoms with van der Waals surface area (Å²) >= 11 is 0. The predicted octanol–water partition coefficient (Wildman–Crippen LogP) is 6.59. The molecule has 1 aliphatic heterocycles. The molecule has 2 N–H and O–H groups in total. The van der Waals surface area contributed by atoms with E-state index in [-0.39, 0.29) is 30.5 Å². The van der Waals surface area contributed by atoms with E-state index in [4.69, 9.17) is 4.74 Å². The van der Waals surface area contributed by atoms with Crippen LogP contribution in [0.15, 0.2) is 91.0 Å². The largest absolute Gasteiger partial charge is 0.489 e. The van der Waals surface area contributed by atoms with Gasteiger partial charge >= 0.3 is 5.97 Å². The maximum Gasteiger partial charge on any atom is 0.335 e. The van der Waals surface area contributed by atoms with E-state index in [0.29, 0.717) is 12.1 Å². The minimum Gasteiger partial charge on any atom is -0.489 e. The first kappa shape index (κ1) is 23.8. The fourth-order valence-electron chi connectivity index (χ4n) is 4.87. The lowest BCUT2D eigenvalue weighted by atomic mass is 9.83. The summed E-state index contributed by atoms with van der Waals surface area (Å²) in [5.41, 5.74) is 3.71. The summed E-state index contributed by atoms with van der Waals surface area (Å²) in [6.45, 7) is 2.89. The summed E-state index contributed by atoms with van der Waals surface area (Å²) in [6, 6.07) is 30.4. The Morgan fingerprint density at radius 1 is 1.00 bits per heavy atom. The quantitative estimate of drug-likeness (QED) is 0.331. The highest BCUT2D eigenvalue weighted by Crippen LogP contribution is 2.40. The number of hydrogen-bond acceptors (Lipinski definition) is 3. The van der Waals surface area contributed by atoms with Crippen LogP contribution in [-0.2, 0) is 0 Å². The van der Waals surface area contributed by atoms with Crippen LogP contribution in [0.4, 0.5) is 0 Å². The fourth-order valence-corrected chi connectivity index (χ4v) is 4.87. The number of carbonyl (C=O) groups is 1. The van der Waals surface area contributed by atoms with Crippen LogP contribution in [0.1, 0.15) is 52.4 Å². The van der Waals surface area contributed by atoms with Crippen LogP contribution in [0.5, 0.6) is 5.75 Å². The maximum absolute atomic E-state index is 11.5. The molecule has 174 valence electrons. The molecule has 0 unspecified atom stereocenters. The molecule has 0 aliphatic carbocycles. The van der Waals surface area contributed by atoms with Crippen molar-refractivity contribution < 1.29 is 14.6 Å². The van der Waals surface area contributed by atoms with Gasteiger partial charge in [-0.2, -0.15) is 0 Å². The second-order valence-electron chi connectivity index (χ2n) is 8.69. The number of hydrogen-bond donors (Lipinski definition) is 2. The van der Waals surface area contributed by atoms with Crippen molar-refractivity contribution in [3.8, 4) is 5.75 Å². The molecule has 34 heavy (non-hydrogen) atoms. The van der Waals surface area contributed by atoms with Crippen molar-refractivity contribution in [2.45, 2.75) is 31.4 Å². The van der Waals surface area contributed by atoms with E-state index in [1.54, 1.807) is 12.1 Å². The summed E-state index contributed by atoms with van der Waals surface area (Å²) in [7, 11) is 0. The predicted molar refractivity (Wildman–Crippen MR) is 138 cm³/mol. The number of benzene rings is 4. The van der Waals surface area contributed by atoms with Crippen molar-refractivity contribution in [3.63, 3.8) is 0 Å². The van der Waals surface area contributed by atoms with Crippen LogP contribution in [0.2, 0.25) is 0 Å². The van der Waals surface area contributed by atoms with Crippen molar-refractivity contribution >= 4 is 29.1 Å². The Morgan fingerprint density at radius 2 is 1.74 bits per heavy atom. The average molecular weight is 474 g/mol. The van der Waals surface area contributed by atoms with Gasteiger partial charge in [-0.25, -0.2) is 4.79 Å². The monoisotopic (exact) mass is 473 g/mol. The second-order valence-corrected chi connectivity index (χ2v) is 8.69. The summed E-state index contributed by atoms with van der Waals surface area (Å²) in [5, 5.41) is 15.6. The molecule has 0 amide bonds. The molecule has 1 heterocycles. The van der Waals surface area contributed by atoms with E-state index >= 15 is 0 Å². The van der Waals surface area contributed by atoms with E-state index in [1.165, 1.54) is 16.3 Å². The molecule has 0 saturated carbocycles. The summed E-state index contributed by atoms with van der Waals surface area (Å²) in [5.74, 6) is 0.0623. The van der Waals surface area contributed by atoms with E-state index in [1.807, 2.05) is 30.3 Å². The van der Waals surface area contributed by atoms with Gasteiger partial charge in [0.1, 0.15) is 11.9 Å². The first-order valence-corrected chi connectivity index (χ1v) is 11.4. The highest BCUT2D eigenvalue weighted by Gasteiger charge is 2.30. The van der Waals surface area contributed by atoms with Gasteiger partial charge in [-0.3, -0.25) is 0 Å². The Kier molecular flexibility index (Phi) is 7.20. The first-order valence-electron chi connectivity index (χ1n) is 11.4. The smallest absolute Gasteiger partial charge is 0.335 e. The molecule has 4 aromatic carbocycles. The third-order valence-corrected chi connectivity index (χ3v) is 6.56. The van der Waals surface area contributed by atoms with Crippen molar-refractivity contribution in [1.29, 1.82) is 0 Å². The number of ether oxygens (including phenoxy) is 1. The number of fused-ring (bicyclic) bond motifs is 2. The van der Waals surface area contributed by atoms with Crippen LogP contribution in [0, 0.1) is 0 Å². The van der Waals surface area contributed by atoms with Gasteiger partial charge in [0.05, 0.1) is 5.56 Å². The van der Waals surface area contributed by atoms with Gasteiger partial charge in [0.25, 0.3) is 0 Å². The number of para-hydroxylation sites is 1. The molecule has 0 aromatic heterocycles. The third kappa shape index (κ3) is 4.79. The standard InChI is InChI=1S/C29H27NO3.ClH/c1-19(24-14-7-9-20-8-2-3-12-25(20)24)30-18-23-17-27(26-13-4-5-15-28(26)33-23)21-10-6-11-22(16-21)29(31)32;/h2-16,19,23,27,30H,17-18H2,1H3,(H,31,32);1H/t19-,23+,27-;/m1./s1. The van der Waals surface area contributed by atoms with Crippen LogP contribution in [-0.4, -0.2) is 23.7 Å². The molecule has 0 saturated heterocycles. The summed E-state index contributed by atoms with van der Waals surface area (Å²) < 4.78 is 6.36. The molecular weight excluding hydrogens is 446 g/mol. The molecule has 0 bridgehead atoms. The van der Waals surface area contributed by atoms with E-state index in [0.717, 1.165) is 23.3 Å². The zero-order valence-corrected chi connectivity index (χ0v) is 19.8. The van der Waals surface area contributed by atoms with Gasteiger partial charge in [0.15, 0.2) is 0 Å². The Bertz CT molecular complexity index is 1300.